The second-order valence-electron chi connectivity index (χ2n) is 7.74. The number of hydroxylamine groups is 1. The molecule has 0 spiro atoms. The quantitative estimate of drug-likeness (QED) is 0.761. The van der Waals surface area contributed by atoms with Crippen LogP contribution in [-0.4, -0.2) is 20.4 Å². The van der Waals surface area contributed by atoms with Gasteiger partial charge in [-0.1, -0.05) is 43.0 Å². The summed E-state index contributed by atoms with van der Waals surface area (Å²) in [5.41, 5.74) is 0.0507. The average molecular weight is 397 g/mol. The third kappa shape index (κ3) is 2.97. The lowest BCUT2D eigenvalue weighted by Crippen LogP contribution is -2.33. The maximum Gasteiger partial charge on any atom is 0.259 e. The molecular weight excluding hydrogens is 374 g/mol. The lowest BCUT2D eigenvalue weighted by atomic mass is 9.84. The number of sulfone groups is 1. The summed E-state index contributed by atoms with van der Waals surface area (Å²) in [7, 11) is -3.60. The van der Waals surface area contributed by atoms with E-state index in [0.717, 1.165) is 6.42 Å². The van der Waals surface area contributed by atoms with E-state index in [4.69, 9.17) is 4.84 Å². The van der Waals surface area contributed by atoms with Crippen molar-refractivity contribution < 1.29 is 18.0 Å². The minimum atomic E-state index is -3.60. The van der Waals surface area contributed by atoms with Crippen LogP contribution in [0.3, 0.4) is 0 Å². The summed E-state index contributed by atoms with van der Waals surface area (Å²) in [6, 6.07) is 17.6. The van der Waals surface area contributed by atoms with Gasteiger partial charge in [-0.2, -0.15) is 5.06 Å². The molecule has 4 rings (SSSR count). The molecule has 3 atom stereocenters. The summed E-state index contributed by atoms with van der Waals surface area (Å²) in [6.45, 7) is 5.77. The minimum absolute atomic E-state index is 0.0669. The third-order valence-corrected chi connectivity index (χ3v) is 7.72. The van der Waals surface area contributed by atoms with E-state index in [9.17, 15) is 13.2 Å². The molecule has 6 heteroatoms. The summed E-state index contributed by atoms with van der Waals surface area (Å²) in [4.78, 5) is 19.5. The first-order chi connectivity index (χ1) is 13.3. The molecule has 1 saturated heterocycles. The highest BCUT2D eigenvalue weighted by molar-refractivity contribution is 7.95. The zero-order valence-corrected chi connectivity index (χ0v) is 16.6. The fourth-order valence-electron chi connectivity index (χ4n) is 4.24. The van der Waals surface area contributed by atoms with Gasteiger partial charge in [0.15, 0.2) is 0 Å². The zero-order valence-electron chi connectivity index (χ0n) is 15.7. The van der Waals surface area contributed by atoms with Gasteiger partial charge >= 0.3 is 0 Å². The van der Waals surface area contributed by atoms with Crippen LogP contribution in [0.4, 0.5) is 5.69 Å². The van der Waals surface area contributed by atoms with Gasteiger partial charge in [0, 0.05) is 4.91 Å². The van der Waals surface area contributed by atoms with Crippen molar-refractivity contribution in [3.63, 3.8) is 0 Å². The maximum atomic E-state index is 13.0. The molecule has 0 N–H and O–H groups in total. The van der Waals surface area contributed by atoms with E-state index in [1.54, 1.807) is 30.3 Å². The van der Waals surface area contributed by atoms with Crippen LogP contribution in [0, 0.1) is 11.3 Å². The molecule has 0 aromatic heterocycles. The molecule has 2 aromatic carbocycles. The second-order valence-corrected chi connectivity index (χ2v) is 9.79. The first kappa shape index (κ1) is 18.9. The molecule has 2 aliphatic rings. The minimum Gasteiger partial charge on any atom is -0.271 e. The second kappa shape index (κ2) is 6.87. The van der Waals surface area contributed by atoms with Gasteiger partial charge in [-0.05, 0) is 56.4 Å². The molecular formula is C22H23NO4S. The van der Waals surface area contributed by atoms with Gasteiger partial charge in [0.1, 0.15) is 6.10 Å². The van der Waals surface area contributed by atoms with E-state index in [1.807, 2.05) is 37.3 Å². The lowest BCUT2D eigenvalue weighted by molar-refractivity contribution is -0.125. The largest absolute Gasteiger partial charge is 0.271 e. The molecule has 1 heterocycles. The fraction of sp³-hybridized carbons (Fsp3) is 0.318. The number of hydrogen-bond donors (Lipinski definition) is 0. The van der Waals surface area contributed by atoms with Gasteiger partial charge in [0.2, 0.25) is 9.84 Å². The van der Waals surface area contributed by atoms with E-state index < -0.39 is 15.3 Å². The Morgan fingerprint density at radius 1 is 1.14 bits per heavy atom. The number of allylic oxidation sites excluding steroid dienone is 1. The SMILES string of the molecule is C=C(CC1CC[C@@]2(C)C(=O)N(c3ccccc3)OC12)S(=O)(=O)c1ccccc1. The number of para-hydroxylation sites is 1. The van der Waals surface area contributed by atoms with Gasteiger partial charge in [0.05, 0.1) is 16.0 Å². The number of rotatable bonds is 5. The Hall–Kier alpha value is -2.44. The molecule has 1 aliphatic carbocycles. The highest BCUT2D eigenvalue weighted by atomic mass is 32.2. The zero-order chi connectivity index (χ0) is 19.9. The summed E-state index contributed by atoms with van der Waals surface area (Å²) in [5, 5.41) is 1.37. The third-order valence-electron chi connectivity index (χ3n) is 5.90. The van der Waals surface area contributed by atoms with Crippen molar-refractivity contribution in [3.8, 4) is 0 Å². The smallest absolute Gasteiger partial charge is 0.259 e. The monoisotopic (exact) mass is 397 g/mol. The van der Waals surface area contributed by atoms with Gasteiger partial charge < -0.3 is 0 Å². The van der Waals surface area contributed by atoms with Crippen molar-refractivity contribution in [1.29, 1.82) is 0 Å². The van der Waals surface area contributed by atoms with Crippen LogP contribution in [0.25, 0.3) is 0 Å². The van der Waals surface area contributed by atoms with E-state index in [-0.39, 0.29) is 34.2 Å². The number of hydrogen-bond acceptors (Lipinski definition) is 4. The summed E-state index contributed by atoms with van der Waals surface area (Å²) in [6.07, 6.45) is 1.33. The Labute approximate surface area is 165 Å². The summed E-state index contributed by atoms with van der Waals surface area (Å²) < 4.78 is 25.6. The molecule has 0 bridgehead atoms. The van der Waals surface area contributed by atoms with Crippen molar-refractivity contribution in [2.45, 2.75) is 37.2 Å². The Bertz CT molecular complexity index is 1000. The van der Waals surface area contributed by atoms with E-state index in [2.05, 4.69) is 6.58 Å². The van der Waals surface area contributed by atoms with Gasteiger partial charge in [-0.3, -0.25) is 9.63 Å². The number of anilines is 1. The molecule has 1 saturated carbocycles. The van der Waals surface area contributed by atoms with Crippen LogP contribution in [0.5, 0.6) is 0 Å². The number of carbonyl (C=O) groups excluding carboxylic acids is 1. The fourth-order valence-corrected chi connectivity index (χ4v) is 5.52. The Morgan fingerprint density at radius 3 is 2.39 bits per heavy atom. The summed E-state index contributed by atoms with van der Waals surface area (Å²) in [5.74, 6) is -0.142. The number of benzene rings is 2. The van der Waals surface area contributed by atoms with E-state index >= 15 is 0 Å². The molecule has 2 fully saturated rings. The molecule has 1 amide bonds. The Morgan fingerprint density at radius 2 is 1.75 bits per heavy atom. The molecule has 5 nitrogen and oxygen atoms in total. The topological polar surface area (TPSA) is 63.7 Å². The van der Waals surface area contributed by atoms with Crippen molar-refractivity contribution in [2.24, 2.45) is 11.3 Å². The van der Waals surface area contributed by atoms with Crippen LogP contribution in [0.1, 0.15) is 26.2 Å². The predicted octanol–water partition coefficient (Wildman–Crippen LogP) is 4.13. The van der Waals surface area contributed by atoms with E-state index in [1.165, 1.54) is 5.06 Å². The molecule has 28 heavy (non-hydrogen) atoms. The highest BCUT2D eigenvalue weighted by Gasteiger charge is 2.59. The highest BCUT2D eigenvalue weighted by Crippen LogP contribution is 2.52. The van der Waals surface area contributed by atoms with Crippen LogP contribution in [0.15, 0.2) is 77.0 Å². The molecule has 1 aliphatic heterocycles. The van der Waals surface area contributed by atoms with Crippen LogP contribution < -0.4 is 5.06 Å². The first-order valence-electron chi connectivity index (χ1n) is 9.38. The van der Waals surface area contributed by atoms with Crippen LogP contribution in [0.2, 0.25) is 0 Å². The number of amides is 1. The standard InChI is InChI=1S/C22H23NO4S/c1-16(28(25,26)19-11-7-4-8-12-19)15-17-13-14-22(2)20(17)27-23(21(22)24)18-9-5-3-6-10-18/h3-12,17,20H,1,13-15H2,2H3/t17?,20?,22-/m1/s1. The van der Waals surface area contributed by atoms with Crippen LogP contribution >= 0.6 is 0 Å². The average Bonchev–Trinajstić information content (AvgIpc) is 3.16. The van der Waals surface area contributed by atoms with Gasteiger partial charge in [-0.25, -0.2) is 8.42 Å². The lowest BCUT2D eigenvalue weighted by Gasteiger charge is -2.22. The van der Waals surface area contributed by atoms with Crippen LogP contribution in [-0.2, 0) is 19.5 Å². The van der Waals surface area contributed by atoms with Gasteiger partial charge in [-0.15, -0.1) is 0 Å². The molecule has 146 valence electrons. The summed E-state index contributed by atoms with van der Waals surface area (Å²) >= 11 is 0. The number of nitrogens with zero attached hydrogens (tertiary/aromatic N) is 1. The number of carbonyl (C=O) groups is 1. The Kier molecular flexibility index (Phi) is 4.63. The maximum absolute atomic E-state index is 13.0. The van der Waals surface area contributed by atoms with E-state index in [0.29, 0.717) is 12.1 Å². The molecule has 2 unspecified atom stereocenters. The number of fused-ring (bicyclic) bond motifs is 1. The molecule has 0 radical (unpaired) electrons. The molecule has 2 aromatic rings. The van der Waals surface area contributed by atoms with Crippen molar-refractivity contribution >= 4 is 21.4 Å². The van der Waals surface area contributed by atoms with Gasteiger partial charge in [0.25, 0.3) is 5.91 Å². The van der Waals surface area contributed by atoms with Crippen molar-refractivity contribution in [2.75, 3.05) is 5.06 Å². The Balaban J connectivity index is 1.55. The first-order valence-corrected chi connectivity index (χ1v) is 10.9. The van der Waals surface area contributed by atoms with Crippen molar-refractivity contribution in [3.05, 3.63) is 72.1 Å². The van der Waals surface area contributed by atoms with Crippen molar-refractivity contribution in [1.82, 2.24) is 0 Å². The normalized spacial score (nSPS) is 27.0. The predicted molar refractivity (Wildman–Crippen MR) is 107 cm³/mol.